The lowest BCUT2D eigenvalue weighted by atomic mass is 9.81. The number of rotatable bonds is 7. The van der Waals surface area contributed by atoms with Crippen LogP contribution in [0.1, 0.15) is 56.9 Å². The van der Waals surface area contributed by atoms with Crippen LogP contribution in [-0.2, 0) is 20.8 Å². The smallest absolute Gasteiger partial charge is 0.233 e. The Morgan fingerprint density at radius 3 is 2.52 bits per heavy atom. The van der Waals surface area contributed by atoms with Crippen LogP contribution in [0.25, 0.3) is 0 Å². The molecule has 25 heavy (non-hydrogen) atoms. The van der Waals surface area contributed by atoms with E-state index in [-0.39, 0.29) is 42.5 Å². The standard InChI is InChI=1S/C17H24N4O3S/c1-2-3-8-14-19-20-17(25-14)18-13(22)9-10-21-15(23)11-6-4-5-7-12(11)16(21)24/h11-12H,2-10H2,1H3,(H,18,20,22). The topological polar surface area (TPSA) is 92.3 Å². The average Bonchev–Trinajstić information content (AvgIpc) is 3.15. The lowest BCUT2D eigenvalue weighted by Crippen LogP contribution is -2.34. The maximum atomic E-state index is 12.4. The number of aryl methyl sites for hydroxylation is 1. The Labute approximate surface area is 151 Å². The van der Waals surface area contributed by atoms with Crippen LogP contribution in [0.3, 0.4) is 0 Å². The molecule has 1 N–H and O–H groups in total. The second-order valence-corrected chi connectivity index (χ2v) is 7.79. The van der Waals surface area contributed by atoms with Gasteiger partial charge in [0.15, 0.2) is 0 Å². The van der Waals surface area contributed by atoms with Gasteiger partial charge in [0.05, 0.1) is 11.8 Å². The average molecular weight is 364 g/mol. The molecule has 3 rings (SSSR count). The van der Waals surface area contributed by atoms with Gasteiger partial charge in [0.25, 0.3) is 0 Å². The monoisotopic (exact) mass is 364 g/mol. The van der Waals surface area contributed by atoms with Crippen molar-refractivity contribution in [1.29, 1.82) is 0 Å². The second-order valence-electron chi connectivity index (χ2n) is 6.73. The van der Waals surface area contributed by atoms with Crippen molar-refractivity contribution in [3.05, 3.63) is 5.01 Å². The number of imide groups is 1. The summed E-state index contributed by atoms with van der Waals surface area (Å²) in [6.45, 7) is 2.26. The number of likely N-dealkylation sites (tertiary alicyclic amines) is 1. The first-order valence-electron chi connectivity index (χ1n) is 9.07. The third kappa shape index (κ3) is 4.05. The Morgan fingerprint density at radius 1 is 1.20 bits per heavy atom. The van der Waals surface area contributed by atoms with Gasteiger partial charge in [-0.1, -0.05) is 37.5 Å². The molecule has 136 valence electrons. The van der Waals surface area contributed by atoms with E-state index in [1.807, 2.05) is 0 Å². The van der Waals surface area contributed by atoms with Crippen molar-refractivity contribution in [3.8, 4) is 0 Å². The maximum Gasteiger partial charge on any atom is 0.233 e. The molecule has 0 bridgehead atoms. The molecule has 2 heterocycles. The molecule has 1 aliphatic carbocycles. The van der Waals surface area contributed by atoms with Crippen molar-refractivity contribution in [2.24, 2.45) is 11.8 Å². The first-order chi connectivity index (χ1) is 12.1. The van der Waals surface area contributed by atoms with Crippen LogP contribution in [0.2, 0.25) is 0 Å². The first kappa shape index (κ1) is 18.0. The van der Waals surface area contributed by atoms with Crippen molar-refractivity contribution in [3.63, 3.8) is 0 Å². The van der Waals surface area contributed by atoms with Crippen LogP contribution in [0.4, 0.5) is 5.13 Å². The number of fused-ring (bicyclic) bond motifs is 1. The van der Waals surface area contributed by atoms with E-state index in [0.717, 1.165) is 50.0 Å². The number of carbonyl (C=O) groups is 3. The first-order valence-corrected chi connectivity index (χ1v) is 9.89. The molecule has 1 aliphatic heterocycles. The Bertz CT molecular complexity index is 636. The predicted octanol–water partition coefficient (Wildman–Crippen LogP) is 2.38. The fraction of sp³-hybridized carbons (Fsp3) is 0.706. The number of nitrogens with zero attached hydrogens (tertiary/aromatic N) is 3. The lowest BCUT2D eigenvalue weighted by Gasteiger charge is -2.19. The SMILES string of the molecule is CCCCc1nnc(NC(=O)CCN2C(=O)C3CCCCC3C2=O)s1. The van der Waals surface area contributed by atoms with E-state index in [0.29, 0.717) is 5.13 Å². The van der Waals surface area contributed by atoms with E-state index in [1.54, 1.807) is 0 Å². The summed E-state index contributed by atoms with van der Waals surface area (Å²) in [7, 11) is 0. The molecule has 8 heteroatoms. The van der Waals surface area contributed by atoms with E-state index >= 15 is 0 Å². The molecule has 2 unspecified atom stereocenters. The molecule has 2 atom stereocenters. The highest BCUT2D eigenvalue weighted by Crippen LogP contribution is 2.37. The van der Waals surface area contributed by atoms with Crippen LogP contribution in [0, 0.1) is 11.8 Å². The van der Waals surface area contributed by atoms with Crippen LogP contribution in [0.15, 0.2) is 0 Å². The summed E-state index contributed by atoms with van der Waals surface area (Å²) in [6, 6.07) is 0. The van der Waals surface area contributed by atoms with Gasteiger partial charge in [-0.25, -0.2) is 0 Å². The van der Waals surface area contributed by atoms with Gasteiger partial charge < -0.3 is 5.32 Å². The second kappa shape index (κ2) is 8.03. The van der Waals surface area contributed by atoms with Crippen LogP contribution >= 0.6 is 11.3 Å². The van der Waals surface area contributed by atoms with Crippen LogP contribution in [-0.4, -0.2) is 39.4 Å². The minimum Gasteiger partial charge on any atom is -0.300 e. The van der Waals surface area contributed by atoms with E-state index in [9.17, 15) is 14.4 Å². The zero-order valence-electron chi connectivity index (χ0n) is 14.5. The number of hydrogen-bond acceptors (Lipinski definition) is 6. The molecular weight excluding hydrogens is 340 g/mol. The van der Waals surface area contributed by atoms with Gasteiger partial charge in [0.1, 0.15) is 5.01 Å². The highest BCUT2D eigenvalue weighted by Gasteiger charge is 2.47. The Morgan fingerprint density at radius 2 is 1.88 bits per heavy atom. The molecule has 1 aromatic rings. The highest BCUT2D eigenvalue weighted by atomic mass is 32.1. The number of aromatic nitrogens is 2. The molecule has 1 saturated heterocycles. The zero-order chi connectivity index (χ0) is 17.8. The molecule has 7 nitrogen and oxygen atoms in total. The molecule has 2 fully saturated rings. The van der Waals surface area contributed by atoms with E-state index in [2.05, 4.69) is 22.4 Å². The van der Waals surface area contributed by atoms with Gasteiger partial charge in [-0.2, -0.15) is 0 Å². The van der Waals surface area contributed by atoms with Gasteiger partial charge in [-0.3, -0.25) is 19.3 Å². The summed E-state index contributed by atoms with van der Waals surface area (Å²) in [6.07, 6.45) is 6.69. The fourth-order valence-corrected chi connectivity index (χ4v) is 4.38. The van der Waals surface area contributed by atoms with Gasteiger partial charge in [-0.05, 0) is 19.3 Å². The minimum absolute atomic E-state index is 0.0970. The van der Waals surface area contributed by atoms with Gasteiger partial charge in [0, 0.05) is 19.4 Å². The summed E-state index contributed by atoms with van der Waals surface area (Å²) >= 11 is 1.38. The maximum absolute atomic E-state index is 12.4. The molecule has 3 amide bonds. The number of nitrogens with one attached hydrogen (secondary N) is 1. The van der Waals surface area contributed by atoms with Crippen molar-refractivity contribution in [1.82, 2.24) is 15.1 Å². The number of hydrogen-bond donors (Lipinski definition) is 1. The summed E-state index contributed by atoms with van der Waals surface area (Å²) in [5.74, 6) is -0.753. The van der Waals surface area contributed by atoms with E-state index in [1.165, 1.54) is 16.2 Å². The van der Waals surface area contributed by atoms with E-state index < -0.39 is 0 Å². The molecular formula is C17H24N4O3S. The zero-order valence-corrected chi connectivity index (χ0v) is 15.3. The lowest BCUT2D eigenvalue weighted by molar-refractivity contribution is -0.140. The number of carbonyl (C=O) groups excluding carboxylic acids is 3. The van der Waals surface area contributed by atoms with Crippen molar-refractivity contribution in [2.75, 3.05) is 11.9 Å². The largest absolute Gasteiger partial charge is 0.300 e. The van der Waals surface area contributed by atoms with E-state index in [4.69, 9.17) is 0 Å². The quantitative estimate of drug-likeness (QED) is 0.750. The summed E-state index contributed by atoms with van der Waals surface area (Å²) in [5, 5.41) is 12.1. The third-order valence-electron chi connectivity index (χ3n) is 4.95. The number of anilines is 1. The van der Waals surface area contributed by atoms with Crippen molar-refractivity contribution in [2.45, 2.75) is 58.3 Å². The van der Waals surface area contributed by atoms with Crippen molar-refractivity contribution >= 4 is 34.2 Å². The minimum atomic E-state index is -0.242. The van der Waals surface area contributed by atoms with Crippen LogP contribution in [0.5, 0.6) is 0 Å². The van der Waals surface area contributed by atoms with Crippen LogP contribution < -0.4 is 5.32 Å². The normalized spacial score (nSPS) is 23.0. The molecule has 0 radical (unpaired) electrons. The Balaban J connectivity index is 1.49. The van der Waals surface area contributed by atoms with Gasteiger partial charge >= 0.3 is 0 Å². The summed E-state index contributed by atoms with van der Waals surface area (Å²) in [5.41, 5.74) is 0. The molecule has 0 aromatic carbocycles. The summed E-state index contributed by atoms with van der Waals surface area (Å²) in [4.78, 5) is 38.1. The highest BCUT2D eigenvalue weighted by molar-refractivity contribution is 7.15. The molecule has 2 aliphatic rings. The number of unbranched alkanes of at least 4 members (excludes halogenated alkanes) is 1. The van der Waals surface area contributed by atoms with Crippen molar-refractivity contribution < 1.29 is 14.4 Å². The molecule has 1 saturated carbocycles. The summed E-state index contributed by atoms with van der Waals surface area (Å²) < 4.78 is 0. The Kier molecular flexibility index (Phi) is 5.78. The van der Waals surface area contributed by atoms with Gasteiger partial charge in [-0.15, -0.1) is 10.2 Å². The Hall–Kier alpha value is -1.83. The third-order valence-corrected chi connectivity index (χ3v) is 5.85. The van der Waals surface area contributed by atoms with Gasteiger partial charge in [0.2, 0.25) is 22.9 Å². The molecule has 1 aromatic heterocycles. The number of amides is 3. The fourth-order valence-electron chi connectivity index (χ4n) is 3.58. The predicted molar refractivity (Wildman–Crippen MR) is 93.9 cm³/mol. The molecule has 0 spiro atoms.